The minimum Gasteiger partial charge on any atom is -0.487 e. The molecular weight excluding hydrogens is 293 g/mol. The Hall–Kier alpha value is -1.39. The van der Waals surface area contributed by atoms with E-state index in [4.69, 9.17) is 4.74 Å². The molecule has 3 rings (SSSR count). The Morgan fingerprint density at radius 1 is 1.00 bits per heavy atom. The van der Waals surface area contributed by atoms with E-state index in [0.29, 0.717) is 11.5 Å². The standard InChI is InChI=1S/C17H21F3O2/c1-11-14(12-5-4-6-12)9-10-15(16(11)22-17(18,19)20)21-13-7-2-3-8-13/h9-10,12-13H,2-8H2,1H3. The Bertz CT molecular complexity index is 529. The zero-order valence-corrected chi connectivity index (χ0v) is 12.7. The van der Waals surface area contributed by atoms with Gasteiger partial charge in [0.25, 0.3) is 0 Å². The quantitative estimate of drug-likeness (QED) is 0.732. The lowest BCUT2D eigenvalue weighted by molar-refractivity contribution is -0.275. The highest BCUT2D eigenvalue weighted by molar-refractivity contribution is 5.51. The molecule has 0 radical (unpaired) electrons. The molecule has 5 heteroatoms. The predicted molar refractivity (Wildman–Crippen MR) is 77.3 cm³/mol. The van der Waals surface area contributed by atoms with E-state index >= 15 is 0 Å². The average Bonchev–Trinajstić information content (AvgIpc) is 2.86. The third kappa shape index (κ3) is 3.33. The van der Waals surface area contributed by atoms with E-state index in [-0.39, 0.29) is 17.6 Å². The largest absolute Gasteiger partial charge is 0.573 e. The maximum atomic E-state index is 12.8. The fourth-order valence-electron chi connectivity index (χ4n) is 3.36. The minimum absolute atomic E-state index is 0.00420. The second-order valence-electron chi connectivity index (χ2n) is 6.31. The Morgan fingerprint density at radius 2 is 1.68 bits per heavy atom. The molecule has 0 atom stereocenters. The molecule has 0 unspecified atom stereocenters. The van der Waals surface area contributed by atoms with E-state index in [0.717, 1.165) is 50.5 Å². The van der Waals surface area contributed by atoms with Gasteiger partial charge in [0.2, 0.25) is 0 Å². The van der Waals surface area contributed by atoms with Crippen molar-refractivity contribution in [3.8, 4) is 11.5 Å². The van der Waals surface area contributed by atoms with E-state index in [2.05, 4.69) is 4.74 Å². The SMILES string of the molecule is Cc1c(C2CCC2)ccc(OC2CCCC2)c1OC(F)(F)F. The Labute approximate surface area is 128 Å². The van der Waals surface area contributed by atoms with E-state index in [1.165, 1.54) is 0 Å². The van der Waals surface area contributed by atoms with Gasteiger partial charge in [-0.15, -0.1) is 13.2 Å². The van der Waals surface area contributed by atoms with Gasteiger partial charge in [0.05, 0.1) is 6.10 Å². The minimum atomic E-state index is -4.70. The molecule has 1 aromatic rings. The van der Waals surface area contributed by atoms with Gasteiger partial charge >= 0.3 is 6.36 Å². The molecule has 0 amide bonds. The fourth-order valence-corrected chi connectivity index (χ4v) is 3.36. The topological polar surface area (TPSA) is 18.5 Å². The molecule has 2 fully saturated rings. The molecule has 2 aliphatic rings. The summed E-state index contributed by atoms with van der Waals surface area (Å²) in [6, 6.07) is 3.56. The summed E-state index contributed by atoms with van der Waals surface area (Å²) < 4.78 is 48.4. The Balaban J connectivity index is 1.90. The Kier molecular flexibility index (Phi) is 4.24. The maximum Gasteiger partial charge on any atom is 0.573 e. The van der Waals surface area contributed by atoms with Gasteiger partial charge in [-0.25, -0.2) is 0 Å². The normalized spacial score (nSPS) is 20.0. The van der Waals surface area contributed by atoms with Crippen LogP contribution in [0.2, 0.25) is 0 Å². The second-order valence-corrected chi connectivity index (χ2v) is 6.31. The van der Waals surface area contributed by atoms with Gasteiger partial charge in [-0.05, 0) is 68.6 Å². The van der Waals surface area contributed by atoms with Crippen LogP contribution in [0.5, 0.6) is 11.5 Å². The van der Waals surface area contributed by atoms with Crippen LogP contribution in [0.15, 0.2) is 12.1 Å². The van der Waals surface area contributed by atoms with E-state index in [1.807, 2.05) is 6.07 Å². The van der Waals surface area contributed by atoms with E-state index < -0.39 is 6.36 Å². The molecule has 1 aromatic carbocycles. The van der Waals surface area contributed by atoms with Gasteiger partial charge in [0.1, 0.15) is 0 Å². The summed E-state index contributed by atoms with van der Waals surface area (Å²) in [6.07, 6.45) is 2.45. The molecule has 2 nitrogen and oxygen atoms in total. The van der Waals surface area contributed by atoms with E-state index in [1.54, 1.807) is 13.0 Å². The molecular formula is C17H21F3O2. The lowest BCUT2D eigenvalue weighted by atomic mass is 9.78. The summed E-state index contributed by atoms with van der Waals surface area (Å²) in [5, 5.41) is 0. The first kappa shape index (κ1) is 15.5. The van der Waals surface area contributed by atoms with Crippen molar-refractivity contribution in [3.63, 3.8) is 0 Å². The van der Waals surface area contributed by atoms with Crippen molar-refractivity contribution in [2.45, 2.75) is 70.3 Å². The van der Waals surface area contributed by atoms with Crippen molar-refractivity contribution in [2.24, 2.45) is 0 Å². The number of benzene rings is 1. The smallest absolute Gasteiger partial charge is 0.487 e. The van der Waals surface area contributed by atoms with Crippen LogP contribution in [0.25, 0.3) is 0 Å². The number of rotatable bonds is 4. The second kappa shape index (κ2) is 6.01. The summed E-state index contributed by atoms with van der Waals surface area (Å²) >= 11 is 0. The van der Waals surface area contributed by atoms with Gasteiger partial charge in [-0.1, -0.05) is 12.5 Å². The highest BCUT2D eigenvalue weighted by Crippen LogP contribution is 2.45. The number of alkyl halides is 3. The molecule has 2 saturated carbocycles. The highest BCUT2D eigenvalue weighted by atomic mass is 19.4. The van der Waals surface area contributed by atoms with Crippen molar-refractivity contribution in [3.05, 3.63) is 23.3 Å². The number of halogens is 3. The summed E-state index contributed by atoms with van der Waals surface area (Å²) in [7, 11) is 0. The van der Waals surface area contributed by atoms with Crippen molar-refractivity contribution >= 4 is 0 Å². The van der Waals surface area contributed by atoms with Gasteiger partial charge < -0.3 is 9.47 Å². The van der Waals surface area contributed by atoms with Crippen molar-refractivity contribution in [1.82, 2.24) is 0 Å². The zero-order chi connectivity index (χ0) is 15.7. The molecule has 0 aromatic heterocycles. The van der Waals surface area contributed by atoms with E-state index in [9.17, 15) is 13.2 Å². The third-order valence-electron chi connectivity index (χ3n) is 4.77. The van der Waals surface area contributed by atoms with Gasteiger partial charge in [0, 0.05) is 0 Å². The molecule has 0 heterocycles. The van der Waals surface area contributed by atoms with Gasteiger partial charge in [0.15, 0.2) is 11.5 Å². The summed E-state index contributed by atoms with van der Waals surface area (Å²) in [4.78, 5) is 0. The molecule has 22 heavy (non-hydrogen) atoms. The molecule has 122 valence electrons. The van der Waals surface area contributed by atoms with Crippen LogP contribution in [0.1, 0.15) is 62.0 Å². The fraction of sp³-hybridized carbons (Fsp3) is 0.647. The molecule has 0 N–H and O–H groups in total. The third-order valence-corrected chi connectivity index (χ3v) is 4.77. The predicted octanol–water partition coefficient (Wildman–Crippen LogP) is 5.48. The first-order valence-corrected chi connectivity index (χ1v) is 8.00. The Morgan fingerprint density at radius 3 is 2.23 bits per heavy atom. The molecule has 0 saturated heterocycles. The number of hydrogen-bond donors (Lipinski definition) is 0. The van der Waals surface area contributed by atoms with Crippen LogP contribution in [0.4, 0.5) is 13.2 Å². The van der Waals surface area contributed by atoms with Gasteiger partial charge in [-0.3, -0.25) is 0 Å². The lowest BCUT2D eigenvalue weighted by Gasteiger charge is -2.29. The summed E-state index contributed by atoms with van der Waals surface area (Å²) in [5.41, 5.74) is 1.53. The van der Waals surface area contributed by atoms with Gasteiger partial charge in [-0.2, -0.15) is 0 Å². The van der Waals surface area contributed by atoms with Crippen molar-refractivity contribution in [2.75, 3.05) is 0 Å². The van der Waals surface area contributed by atoms with Crippen molar-refractivity contribution < 1.29 is 22.6 Å². The molecule has 0 bridgehead atoms. The molecule has 0 aliphatic heterocycles. The first-order valence-electron chi connectivity index (χ1n) is 8.00. The van der Waals surface area contributed by atoms with Crippen LogP contribution in [0, 0.1) is 6.92 Å². The van der Waals surface area contributed by atoms with Crippen LogP contribution < -0.4 is 9.47 Å². The lowest BCUT2D eigenvalue weighted by Crippen LogP contribution is -2.21. The van der Waals surface area contributed by atoms with Crippen LogP contribution in [-0.2, 0) is 0 Å². The summed E-state index contributed by atoms with van der Waals surface area (Å²) in [5.74, 6) is 0.435. The van der Waals surface area contributed by atoms with Crippen LogP contribution in [0.3, 0.4) is 0 Å². The summed E-state index contributed by atoms with van der Waals surface area (Å²) in [6.45, 7) is 1.70. The highest BCUT2D eigenvalue weighted by Gasteiger charge is 2.35. The molecule has 2 aliphatic carbocycles. The van der Waals surface area contributed by atoms with Crippen LogP contribution >= 0.6 is 0 Å². The van der Waals surface area contributed by atoms with Crippen LogP contribution in [-0.4, -0.2) is 12.5 Å². The van der Waals surface area contributed by atoms with Crippen molar-refractivity contribution in [1.29, 1.82) is 0 Å². The zero-order valence-electron chi connectivity index (χ0n) is 12.7. The molecule has 0 spiro atoms. The monoisotopic (exact) mass is 314 g/mol. The maximum absolute atomic E-state index is 12.8. The first-order chi connectivity index (χ1) is 10.4. The number of hydrogen-bond acceptors (Lipinski definition) is 2. The number of ether oxygens (including phenoxy) is 2. The average molecular weight is 314 g/mol.